The number of aromatic hydroxyl groups is 1. The number of hydrogen-bond donors (Lipinski definition) is 2. The number of phenols is 1. The largest absolute Gasteiger partial charge is 0.507 e. The van der Waals surface area contributed by atoms with Crippen LogP contribution in [0, 0.1) is 12.7 Å². The Bertz CT molecular complexity index is 1090. The molecule has 0 aliphatic carbocycles. The monoisotopic (exact) mass is 453 g/mol. The fourth-order valence-corrected chi connectivity index (χ4v) is 4.91. The van der Waals surface area contributed by atoms with Gasteiger partial charge < -0.3 is 10.2 Å². The Balaban J connectivity index is 2.30. The number of rotatable bonds is 7. The molecule has 2 aromatic carbocycles. The Kier molecular flexibility index (Phi) is 7.63. The fraction of sp³-hybridized carbons (Fsp3) is 0.370. The Hall–Kier alpha value is -2.37. The van der Waals surface area contributed by atoms with Crippen LogP contribution in [0.15, 0.2) is 47.4 Å². The van der Waals surface area contributed by atoms with Gasteiger partial charge in [-0.2, -0.15) is 0 Å². The predicted molar refractivity (Wildman–Crippen MR) is 131 cm³/mol. The van der Waals surface area contributed by atoms with E-state index in [2.05, 4.69) is 45.0 Å². The molecule has 0 amide bonds. The average Bonchev–Trinajstić information content (AvgIpc) is 2.72. The van der Waals surface area contributed by atoms with Crippen LogP contribution < -0.4 is 0 Å². The van der Waals surface area contributed by atoms with Gasteiger partial charge in [-0.25, -0.2) is 4.39 Å². The maximum atomic E-state index is 13.8. The van der Waals surface area contributed by atoms with E-state index in [1.807, 2.05) is 13.8 Å². The minimum Gasteiger partial charge on any atom is -0.507 e. The van der Waals surface area contributed by atoms with Crippen LogP contribution in [0.1, 0.15) is 80.6 Å². The number of hydrogen-bond acceptors (Lipinski definition) is 4. The molecule has 1 aromatic heterocycles. The molecule has 32 heavy (non-hydrogen) atoms. The third-order valence-electron chi connectivity index (χ3n) is 5.54. The van der Waals surface area contributed by atoms with Gasteiger partial charge in [0.2, 0.25) is 0 Å². The molecular weight excluding hydrogens is 421 g/mol. The van der Waals surface area contributed by atoms with Crippen LogP contribution in [-0.4, -0.2) is 15.2 Å². The Morgan fingerprint density at radius 2 is 1.56 bits per heavy atom. The summed E-state index contributed by atoms with van der Waals surface area (Å²) in [6.07, 6.45) is -0.788. The zero-order valence-electron chi connectivity index (χ0n) is 19.6. The highest BCUT2D eigenvalue weighted by molar-refractivity contribution is 7.98. The van der Waals surface area contributed by atoms with Crippen LogP contribution in [0.4, 0.5) is 4.39 Å². The highest BCUT2D eigenvalue weighted by atomic mass is 32.2. The Morgan fingerprint density at radius 3 is 2.09 bits per heavy atom. The molecule has 1 atom stereocenters. The van der Waals surface area contributed by atoms with Crippen LogP contribution in [0.5, 0.6) is 5.75 Å². The molecule has 0 fully saturated rings. The fourth-order valence-electron chi connectivity index (χ4n) is 3.98. The molecule has 0 aliphatic heterocycles. The van der Waals surface area contributed by atoms with Gasteiger partial charge in [-0.1, -0.05) is 45.4 Å². The van der Waals surface area contributed by atoms with Crippen molar-refractivity contribution in [3.63, 3.8) is 0 Å². The van der Waals surface area contributed by atoms with E-state index < -0.39 is 11.9 Å². The van der Waals surface area contributed by atoms with E-state index in [1.165, 1.54) is 11.6 Å². The summed E-state index contributed by atoms with van der Waals surface area (Å²) >= 11 is 1.69. The van der Waals surface area contributed by atoms with E-state index in [1.54, 1.807) is 24.8 Å². The first-order valence-corrected chi connectivity index (χ1v) is 12.0. The number of nitrogens with zero attached hydrogens (tertiary/aromatic N) is 1. The second-order valence-corrected chi connectivity index (χ2v) is 9.95. The highest BCUT2D eigenvalue weighted by Crippen LogP contribution is 2.44. The van der Waals surface area contributed by atoms with Crippen molar-refractivity contribution in [3.05, 3.63) is 76.4 Å². The minimum atomic E-state index is -0.788. The van der Waals surface area contributed by atoms with E-state index in [0.717, 1.165) is 33.5 Å². The summed E-state index contributed by atoms with van der Waals surface area (Å²) in [5.74, 6) is 0.211. The van der Waals surface area contributed by atoms with E-state index in [-0.39, 0.29) is 17.6 Å². The van der Waals surface area contributed by atoms with Crippen LogP contribution >= 0.6 is 11.8 Å². The smallest absolute Gasteiger partial charge is 0.126 e. The van der Waals surface area contributed by atoms with Crippen LogP contribution in [-0.2, 0) is 5.75 Å². The summed E-state index contributed by atoms with van der Waals surface area (Å²) < 4.78 is 13.8. The lowest BCUT2D eigenvalue weighted by molar-refractivity contribution is 0.197. The van der Waals surface area contributed by atoms with Crippen LogP contribution in [0.3, 0.4) is 0 Å². The van der Waals surface area contributed by atoms with Gasteiger partial charge in [0.1, 0.15) is 11.6 Å². The lowest BCUT2D eigenvalue weighted by Gasteiger charge is -2.26. The Labute approximate surface area is 194 Å². The number of thioether (sulfide) groups is 1. The molecule has 2 N–H and O–H groups in total. The molecule has 3 rings (SSSR count). The van der Waals surface area contributed by atoms with Crippen molar-refractivity contribution in [1.29, 1.82) is 0 Å². The summed E-state index contributed by atoms with van der Waals surface area (Å²) in [6.45, 7) is 12.1. The first kappa shape index (κ1) is 24.3. The maximum absolute atomic E-state index is 13.8. The minimum absolute atomic E-state index is 0.0808. The second-order valence-electron chi connectivity index (χ2n) is 8.90. The van der Waals surface area contributed by atoms with Crippen molar-refractivity contribution in [2.45, 2.75) is 70.1 Å². The zero-order chi connectivity index (χ0) is 23.6. The molecule has 0 saturated heterocycles. The molecule has 3 aromatic rings. The third kappa shape index (κ3) is 5.16. The van der Waals surface area contributed by atoms with Gasteiger partial charge in [0.25, 0.3) is 0 Å². The van der Waals surface area contributed by atoms with Gasteiger partial charge >= 0.3 is 0 Å². The van der Waals surface area contributed by atoms with Crippen molar-refractivity contribution in [2.75, 3.05) is 0 Å². The molecule has 0 saturated carbocycles. The number of halogens is 1. The number of aryl methyl sites for hydroxylation is 1. The predicted octanol–water partition coefficient (Wildman–Crippen LogP) is 7.49. The van der Waals surface area contributed by atoms with Crippen molar-refractivity contribution in [3.8, 4) is 16.9 Å². The van der Waals surface area contributed by atoms with Crippen LogP contribution in [0.2, 0.25) is 0 Å². The summed E-state index contributed by atoms with van der Waals surface area (Å²) in [4.78, 5) is 6.15. The molecule has 0 aliphatic rings. The quantitative estimate of drug-likeness (QED) is 0.364. The van der Waals surface area contributed by atoms with Gasteiger partial charge in [-0.15, -0.1) is 11.8 Å². The third-order valence-corrected chi connectivity index (χ3v) is 6.58. The molecule has 1 unspecified atom stereocenters. The molecule has 170 valence electrons. The van der Waals surface area contributed by atoms with Crippen molar-refractivity contribution >= 4 is 11.8 Å². The number of phenolic OH excluding ortho intramolecular Hbond substituents is 1. The number of aliphatic hydroxyl groups excluding tert-OH is 1. The summed E-state index contributed by atoms with van der Waals surface area (Å²) in [5.41, 5.74) is 5.91. The standard InChI is InChI=1S/C27H32FNO2S/c1-15(2)26-22(14-32-20-10-7-17(5)8-11-20)25(21-12-9-19(28)13-23(21)31)24(18(6)30)27(29-26)16(3)4/h7-13,15-16,18,30-31H,14H2,1-6H3. The van der Waals surface area contributed by atoms with E-state index in [4.69, 9.17) is 4.98 Å². The molecule has 1 heterocycles. The first-order valence-electron chi connectivity index (χ1n) is 11.0. The second kappa shape index (κ2) is 10.1. The lowest BCUT2D eigenvalue weighted by Crippen LogP contribution is -2.13. The SMILES string of the molecule is Cc1ccc(SCc2c(C(C)C)nc(C(C)C)c(C(C)O)c2-c2ccc(F)cc2O)cc1. The molecule has 3 nitrogen and oxygen atoms in total. The first-order chi connectivity index (χ1) is 15.1. The number of pyridine rings is 1. The number of aliphatic hydroxyl groups is 1. The molecule has 0 radical (unpaired) electrons. The Morgan fingerprint density at radius 1 is 0.938 bits per heavy atom. The lowest BCUT2D eigenvalue weighted by atomic mass is 9.85. The summed E-state index contributed by atoms with van der Waals surface area (Å²) in [6, 6.07) is 12.4. The molecular formula is C27H32FNO2S. The van der Waals surface area contributed by atoms with Crippen molar-refractivity contribution in [2.24, 2.45) is 0 Å². The topological polar surface area (TPSA) is 53.4 Å². The van der Waals surface area contributed by atoms with E-state index in [0.29, 0.717) is 16.9 Å². The maximum Gasteiger partial charge on any atom is 0.126 e. The highest BCUT2D eigenvalue weighted by Gasteiger charge is 2.27. The number of aromatic nitrogens is 1. The molecule has 5 heteroatoms. The molecule has 0 spiro atoms. The van der Waals surface area contributed by atoms with Gasteiger partial charge in [-0.05, 0) is 61.1 Å². The summed E-state index contributed by atoms with van der Waals surface area (Å²) in [5, 5.41) is 21.5. The normalized spacial score (nSPS) is 12.6. The van der Waals surface area contributed by atoms with Crippen molar-refractivity contribution in [1.82, 2.24) is 4.98 Å². The van der Waals surface area contributed by atoms with Gasteiger partial charge in [0, 0.05) is 39.2 Å². The van der Waals surface area contributed by atoms with E-state index in [9.17, 15) is 14.6 Å². The van der Waals surface area contributed by atoms with Crippen molar-refractivity contribution < 1.29 is 14.6 Å². The van der Waals surface area contributed by atoms with Gasteiger partial charge in [-0.3, -0.25) is 4.98 Å². The molecule has 0 bridgehead atoms. The van der Waals surface area contributed by atoms with E-state index >= 15 is 0 Å². The van der Waals surface area contributed by atoms with Gasteiger partial charge in [0.15, 0.2) is 0 Å². The summed E-state index contributed by atoms with van der Waals surface area (Å²) in [7, 11) is 0. The zero-order valence-corrected chi connectivity index (χ0v) is 20.4. The van der Waals surface area contributed by atoms with Gasteiger partial charge in [0.05, 0.1) is 6.10 Å². The number of benzene rings is 2. The average molecular weight is 454 g/mol. The van der Waals surface area contributed by atoms with Crippen LogP contribution in [0.25, 0.3) is 11.1 Å².